The summed E-state index contributed by atoms with van der Waals surface area (Å²) in [5.74, 6) is 0.310. The van der Waals surface area contributed by atoms with Crippen molar-refractivity contribution in [2.45, 2.75) is 45.2 Å². The zero-order valence-electron chi connectivity index (χ0n) is 14.2. The van der Waals surface area contributed by atoms with Crippen molar-refractivity contribution < 1.29 is 4.79 Å². The van der Waals surface area contributed by atoms with Gasteiger partial charge in [0, 0.05) is 22.7 Å². The number of hydrogen-bond acceptors (Lipinski definition) is 3. The maximum absolute atomic E-state index is 12.3. The van der Waals surface area contributed by atoms with Crippen molar-refractivity contribution in [3.63, 3.8) is 0 Å². The molecule has 1 amide bonds. The van der Waals surface area contributed by atoms with Crippen LogP contribution in [0.15, 0.2) is 41.2 Å². The molecular weight excluding hydrogens is 338 g/mol. The molecule has 1 saturated carbocycles. The van der Waals surface area contributed by atoms with Gasteiger partial charge < -0.3 is 5.32 Å². The van der Waals surface area contributed by atoms with E-state index >= 15 is 0 Å². The highest BCUT2D eigenvalue weighted by Gasteiger charge is 2.23. The summed E-state index contributed by atoms with van der Waals surface area (Å²) in [5, 5.41) is 8.02. The number of nitrogens with zero attached hydrogens (tertiary/aromatic N) is 2. The Hall–Kier alpha value is -2.14. The summed E-state index contributed by atoms with van der Waals surface area (Å²) in [4.78, 5) is 24.4. The SMILES string of the molecule is C[C@H]1CCCC[C@@H]1NC(=O)Cn1nc(-c2ccc(Cl)cc2)ccc1=O. The lowest BCUT2D eigenvalue weighted by atomic mass is 9.86. The maximum Gasteiger partial charge on any atom is 0.267 e. The number of halogens is 1. The highest BCUT2D eigenvalue weighted by atomic mass is 35.5. The molecular formula is C19H22ClN3O2. The molecule has 132 valence electrons. The minimum absolute atomic E-state index is 0.0660. The van der Waals surface area contributed by atoms with Gasteiger partial charge in [-0.25, -0.2) is 4.68 Å². The van der Waals surface area contributed by atoms with E-state index in [0.29, 0.717) is 16.6 Å². The fourth-order valence-electron chi connectivity index (χ4n) is 3.26. The average Bonchev–Trinajstić information content (AvgIpc) is 2.60. The molecule has 0 radical (unpaired) electrons. The summed E-state index contributed by atoms with van der Waals surface area (Å²) >= 11 is 5.90. The van der Waals surface area contributed by atoms with Crippen LogP contribution in [-0.2, 0) is 11.3 Å². The molecule has 0 saturated heterocycles. The molecule has 2 aromatic rings. The van der Waals surface area contributed by atoms with Crippen LogP contribution in [0, 0.1) is 5.92 Å². The van der Waals surface area contributed by atoms with Crippen LogP contribution in [0.1, 0.15) is 32.6 Å². The quantitative estimate of drug-likeness (QED) is 0.911. The van der Waals surface area contributed by atoms with Crippen molar-refractivity contribution in [3.05, 3.63) is 51.8 Å². The van der Waals surface area contributed by atoms with Crippen LogP contribution >= 0.6 is 11.6 Å². The topological polar surface area (TPSA) is 64.0 Å². The van der Waals surface area contributed by atoms with Gasteiger partial charge in [-0.1, -0.05) is 43.5 Å². The van der Waals surface area contributed by atoms with Crippen molar-refractivity contribution in [1.82, 2.24) is 15.1 Å². The number of carbonyl (C=O) groups is 1. The van der Waals surface area contributed by atoms with Gasteiger partial charge in [-0.2, -0.15) is 5.10 Å². The first-order valence-electron chi connectivity index (χ1n) is 8.66. The molecule has 1 N–H and O–H groups in total. The second-order valence-electron chi connectivity index (χ2n) is 6.66. The molecule has 0 spiro atoms. The van der Waals surface area contributed by atoms with Crippen molar-refractivity contribution in [2.75, 3.05) is 0 Å². The molecule has 1 heterocycles. The summed E-state index contributed by atoms with van der Waals surface area (Å²) in [6, 6.07) is 10.5. The summed E-state index contributed by atoms with van der Waals surface area (Å²) in [6.45, 7) is 2.10. The van der Waals surface area contributed by atoms with E-state index in [4.69, 9.17) is 11.6 Å². The largest absolute Gasteiger partial charge is 0.351 e. The highest BCUT2D eigenvalue weighted by molar-refractivity contribution is 6.30. The van der Waals surface area contributed by atoms with Crippen LogP contribution in [-0.4, -0.2) is 21.7 Å². The number of rotatable bonds is 4. The monoisotopic (exact) mass is 359 g/mol. The van der Waals surface area contributed by atoms with Gasteiger partial charge in [0.05, 0.1) is 5.69 Å². The number of benzene rings is 1. The Balaban J connectivity index is 1.73. The van der Waals surface area contributed by atoms with E-state index in [9.17, 15) is 9.59 Å². The highest BCUT2D eigenvalue weighted by Crippen LogP contribution is 2.23. The molecule has 0 bridgehead atoms. The lowest BCUT2D eigenvalue weighted by molar-refractivity contribution is -0.123. The van der Waals surface area contributed by atoms with E-state index in [2.05, 4.69) is 17.3 Å². The van der Waals surface area contributed by atoms with Gasteiger partial charge in [-0.15, -0.1) is 0 Å². The van der Waals surface area contributed by atoms with E-state index in [-0.39, 0.29) is 24.1 Å². The van der Waals surface area contributed by atoms with E-state index in [1.807, 2.05) is 12.1 Å². The van der Waals surface area contributed by atoms with Crippen LogP contribution in [0.25, 0.3) is 11.3 Å². The number of carbonyl (C=O) groups excluding carboxylic acids is 1. The van der Waals surface area contributed by atoms with E-state index in [0.717, 1.165) is 24.8 Å². The zero-order valence-corrected chi connectivity index (χ0v) is 15.0. The second-order valence-corrected chi connectivity index (χ2v) is 7.09. The molecule has 0 aliphatic heterocycles. The minimum atomic E-state index is -0.287. The van der Waals surface area contributed by atoms with Gasteiger partial charge in [-0.3, -0.25) is 9.59 Å². The van der Waals surface area contributed by atoms with Crippen molar-refractivity contribution in [2.24, 2.45) is 5.92 Å². The van der Waals surface area contributed by atoms with Crippen molar-refractivity contribution >= 4 is 17.5 Å². The van der Waals surface area contributed by atoms with E-state index < -0.39 is 0 Å². The van der Waals surface area contributed by atoms with Gasteiger partial charge in [0.25, 0.3) is 5.56 Å². The molecule has 0 unspecified atom stereocenters. The Kier molecular flexibility index (Phi) is 5.53. The number of amides is 1. The Labute approximate surface area is 152 Å². The first kappa shape index (κ1) is 17.7. The summed E-state index contributed by atoms with van der Waals surface area (Å²) in [7, 11) is 0. The standard InChI is InChI=1S/C19H22ClN3O2/c1-13-4-2-3-5-16(13)21-18(24)12-23-19(25)11-10-17(22-23)14-6-8-15(20)9-7-14/h6-11,13,16H,2-5,12H2,1H3,(H,21,24)/t13-,16-/m0/s1. The minimum Gasteiger partial charge on any atom is -0.351 e. The predicted octanol–water partition coefficient (Wildman–Crippen LogP) is 3.26. The Bertz CT molecular complexity index is 801. The molecule has 1 aliphatic rings. The fourth-order valence-corrected chi connectivity index (χ4v) is 3.38. The molecule has 6 heteroatoms. The molecule has 3 rings (SSSR count). The maximum atomic E-state index is 12.3. The summed E-state index contributed by atoms with van der Waals surface area (Å²) in [5.41, 5.74) is 1.19. The van der Waals surface area contributed by atoms with E-state index in [1.165, 1.54) is 17.2 Å². The third-order valence-corrected chi connectivity index (χ3v) is 5.01. The molecule has 1 aromatic heterocycles. The lowest BCUT2D eigenvalue weighted by Crippen LogP contribution is -2.43. The van der Waals surface area contributed by atoms with Gasteiger partial charge in [0.15, 0.2) is 0 Å². The summed E-state index contributed by atoms with van der Waals surface area (Å²) < 4.78 is 1.22. The van der Waals surface area contributed by atoms with Gasteiger partial charge in [-0.05, 0) is 37.0 Å². The Morgan fingerprint density at radius 2 is 1.92 bits per heavy atom. The van der Waals surface area contributed by atoms with Crippen molar-refractivity contribution in [1.29, 1.82) is 0 Å². The predicted molar refractivity (Wildman–Crippen MR) is 98.5 cm³/mol. The third-order valence-electron chi connectivity index (χ3n) is 4.76. The van der Waals surface area contributed by atoms with Crippen LogP contribution < -0.4 is 10.9 Å². The summed E-state index contributed by atoms with van der Waals surface area (Å²) in [6.07, 6.45) is 4.49. The Morgan fingerprint density at radius 3 is 2.64 bits per heavy atom. The number of nitrogens with one attached hydrogen (secondary N) is 1. The normalized spacial score (nSPS) is 20.2. The second kappa shape index (κ2) is 7.83. The smallest absolute Gasteiger partial charge is 0.267 e. The third kappa shape index (κ3) is 4.48. The number of aromatic nitrogens is 2. The van der Waals surface area contributed by atoms with Crippen LogP contribution in [0.5, 0.6) is 0 Å². The van der Waals surface area contributed by atoms with Gasteiger partial charge >= 0.3 is 0 Å². The molecule has 2 atom stereocenters. The Morgan fingerprint density at radius 1 is 1.20 bits per heavy atom. The molecule has 25 heavy (non-hydrogen) atoms. The van der Waals surface area contributed by atoms with Crippen molar-refractivity contribution in [3.8, 4) is 11.3 Å². The van der Waals surface area contributed by atoms with Crippen LogP contribution in [0.2, 0.25) is 5.02 Å². The average molecular weight is 360 g/mol. The molecule has 1 fully saturated rings. The zero-order chi connectivity index (χ0) is 17.8. The number of hydrogen-bond donors (Lipinski definition) is 1. The first-order valence-corrected chi connectivity index (χ1v) is 9.04. The van der Waals surface area contributed by atoms with E-state index in [1.54, 1.807) is 18.2 Å². The molecule has 1 aliphatic carbocycles. The fraction of sp³-hybridized carbons (Fsp3) is 0.421. The van der Waals surface area contributed by atoms with Crippen LogP contribution in [0.3, 0.4) is 0 Å². The van der Waals surface area contributed by atoms with Crippen LogP contribution in [0.4, 0.5) is 0 Å². The first-order chi connectivity index (χ1) is 12.0. The lowest BCUT2D eigenvalue weighted by Gasteiger charge is -2.29. The molecule has 5 nitrogen and oxygen atoms in total. The van der Waals surface area contributed by atoms with Gasteiger partial charge in [0.2, 0.25) is 5.91 Å². The molecule has 1 aromatic carbocycles. The van der Waals surface area contributed by atoms with Gasteiger partial charge in [0.1, 0.15) is 6.54 Å².